The number of benzene rings is 1. The maximum atomic E-state index is 12.8. The van der Waals surface area contributed by atoms with Crippen molar-refractivity contribution < 1.29 is 4.79 Å². The van der Waals surface area contributed by atoms with E-state index >= 15 is 0 Å². The van der Waals surface area contributed by atoms with Gasteiger partial charge in [-0.15, -0.1) is 0 Å². The highest BCUT2D eigenvalue weighted by Gasteiger charge is 2.21. The molecule has 1 aromatic carbocycles. The quantitative estimate of drug-likeness (QED) is 0.756. The summed E-state index contributed by atoms with van der Waals surface area (Å²) >= 11 is 1.37. The average Bonchev–Trinajstić information content (AvgIpc) is 2.68. The molecule has 1 aliphatic carbocycles. The Hall–Kier alpha value is -2.32. The van der Waals surface area contributed by atoms with Crippen LogP contribution in [-0.2, 0) is 24.1 Å². The van der Waals surface area contributed by atoms with Crippen molar-refractivity contribution in [3.63, 3.8) is 0 Å². The molecule has 2 aromatic rings. The Morgan fingerprint density at radius 3 is 2.89 bits per heavy atom. The van der Waals surface area contributed by atoms with Crippen LogP contribution in [0.1, 0.15) is 54.6 Å². The zero-order valence-corrected chi connectivity index (χ0v) is 16.9. The van der Waals surface area contributed by atoms with Gasteiger partial charge in [0, 0.05) is 11.4 Å². The van der Waals surface area contributed by atoms with Gasteiger partial charge in [-0.3, -0.25) is 4.79 Å². The summed E-state index contributed by atoms with van der Waals surface area (Å²) in [6.07, 6.45) is 5.10. The highest BCUT2D eigenvalue weighted by atomic mass is 32.2. The average molecular weight is 380 g/mol. The van der Waals surface area contributed by atoms with Crippen molar-refractivity contribution in [3.8, 4) is 6.07 Å². The Morgan fingerprint density at radius 2 is 2.15 bits per heavy atom. The standard InChI is InChI=1S/C22H25N3OS/c1-4-16-10-7-8-14(2)20(16)25-21(26)15(3)27-22-18(13-23)12-17-9-5-6-11-19(17)24-22/h7-8,10,12,15H,4-6,9,11H2,1-3H3,(H,25,26). The second-order valence-corrected chi connectivity index (χ2v) is 8.31. The lowest BCUT2D eigenvalue weighted by molar-refractivity contribution is -0.115. The lowest BCUT2D eigenvalue weighted by Gasteiger charge is -2.19. The molecule has 1 unspecified atom stereocenters. The van der Waals surface area contributed by atoms with E-state index in [1.165, 1.54) is 17.3 Å². The van der Waals surface area contributed by atoms with Gasteiger partial charge in [0.1, 0.15) is 11.1 Å². The number of rotatable bonds is 5. The molecular formula is C22H25N3OS. The minimum absolute atomic E-state index is 0.0626. The van der Waals surface area contributed by atoms with Crippen LogP contribution in [0.25, 0.3) is 0 Å². The molecule has 1 aliphatic rings. The first-order valence-corrected chi connectivity index (χ1v) is 10.4. The summed E-state index contributed by atoms with van der Waals surface area (Å²) in [5.41, 5.74) is 5.94. The van der Waals surface area contributed by atoms with Crippen molar-refractivity contribution in [1.29, 1.82) is 5.26 Å². The van der Waals surface area contributed by atoms with Crippen molar-refractivity contribution in [1.82, 2.24) is 4.98 Å². The number of thioether (sulfide) groups is 1. The van der Waals surface area contributed by atoms with Gasteiger partial charge >= 0.3 is 0 Å². The number of amides is 1. The fourth-order valence-electron chi connectivity index (χ4n) is 3.43. The highest BCUT2D eigenvalue weighted by Crippen LogP contribution is 2.30. The van der Waals surface area contributed by atoms with Gasteiger partial charge in [0.25, 0.3) is 0 Å². The molecule has 0 saturated carbocycles. The second kappa shape index (κ2) is 8.58. The second-order valence-electron chi connectivity index (χ2n) is 6.98. The van der Waals surface area contributed by atoms with Crippen molar-refractivity contribution in [2.75, 3.05) is 5.32 Å². The summed E-state index contributed by atoms with van der Waals surface area (Å²) in [5.74, 6) is -0.0626. The number of aryl methyl sites for hydroxylation is 4. The first-order valence-electron chi connectivity index (χ1n) is 9.52. The van der Waals surface area contributed by atoms with Gasteiger partial charge in [-0.05, 0) is 68.7 Å². The molecule has 1 atom stereocenters. The molecule has 1 aromatic heterocycles. The third-order valence-electron chi connectivity index (χ3n) is 5.03. The number of carbonyl (C=O) groups excluding carboxylic acids is 1. The monoisotopic (exact) mass is 379 g/mol. The number of nitriles is 1. The molecular weight excluding hydrogens is 354 g/mol. The Labute approximate surface area is 165 Å². The van der Waals surface area contributed by atoms with Crippen molar-refractivity contribution >= 4 is 23.4 Å². The molecule has 3 rings (SSSR count). The van der Waals surface area contributed by atoms with Gasteiger partial charge < -0.3 is 5.32 Å². The first-order chi connectivity index (χ1) is 13.0. The summed E-state index contributed by atoms with van der Waals surface area (Å²) < 4.78 is 0. The maximum Gasteiger partial charge on any atom is 0.237 e. The SMILES string of the molecule is CCc1cccc(C)c1NC(=O)C(C)Sc1nc2c(cc1C#N)CCCC2. The van der Waals surface area contributed by atoms with E-state index in [4.69, 9.17) is 4.98 Å². The molecule has 140 valence electrons. The summed E-state index contributed by atoms with van der Waals surface area (Å²) in [6, 6.07) is 10.3. The van der Waals surface area contributed by atoms with E-state index in [0.717, 1.165) is 54.6 Å². The van der Waals surface area contributed by atoms with Crippen LogP contribution in [0, 0.1) is 18.3 Å². The molecule has 5 heteroatoms. The predicted octanol–water partition coefficient (Wildman–Crippen LogP) is 4.82. The number of fused-ring (bicyclic) bond motifs is 1. The molecule has 1 N–H and O–H groups in total. The van der Waals surface area contributed by atoms with E-state index < -0.39 is 0 Å². The van der Waals surface area contributed by atoms with Crippen LogP contribution in [0.2, 0.25) is 0 Å². The molecule has 1 amide bonds. The fraction of sp³-hybridized carbons (Fsp3) is 0.409. The largest absolute Gasteiger partial charge is 0.325 e. The lowest BCUT2D eigenvalue weighted by atomic mass is 9.95. The van der Waals surface area contributed by atoms with E-state index in [1.54, 1.807) is 0 Å². The van der Waals surface area contributed by atoms with Crippen LogP contribution >= 0.6 is 11.8 Å². The number of pyridine rings is 1. The van der Waals surface area contributed by atoms with Gasteiger partial charge in [0.2, 0.25) is 5.91 Å². The van der Waals surface area contributed by atoms with Crippen molar-refractivity contribution in [3.05, 3.63) is 52.2 Å². The van der Waals surface area contributed by atoms with Crippen LogP contribution in [0.3, 0.4) is 0 Å². The number of nitrogens with one attached hydrogen (secondary N) is 1. The Balaban J connectivity index is 1.78. The topological polar surface area (TPSA) is 65.8 Å². The Morgan fingerprint density at radius 1 is 1.37 bits per heavy atom. The molecule has 27 heavy (non-hydrogen) atoms. The number of hydrogen-bond donors (Lipinski definition) is 1. The minimum Gasteiger partial charge on any atom is -0.325 e. The molecule has 0 saturated heterocycles. The molecule has 1 heterocycles. The van der Waals surface area contributed by atoms with Crippen LogP contribution in [0.4, 0.5) is 5.69 Å². The van der Waals surface area contributed by atoms with Crippen LogP contribution in [0.5, 0.6) is 0 Å². The fourth-order valence-corrected chi connectivity index (χ4v) is 4.33. The van der Waals surface area contributed by atoms with Crippen LogP contribution < -0.4 is 5.32 Å². The summed E-state index contributed by atoms with van der Waals surface area (Å²) in [4.78, 5) is 17.5. The smallest absolute Gasteiger partial charge is 0.237 e. The van der Waals surface area contributed by atoms with Gasteiger partial charge in [-0.2, -0.15) is 5.26 Å². The number of para-hydroxylation sites is 1. The predicted molar refractivity (Wildman–Crippen MR) is 110 cm³/mol. The minimum atomic E-state index is -0.337. The Bertz CT molecular complexity index is 901. The molecule has 0 aliphatic heterocycles. The summed E-state index contributed by atoms with van der Waals surface area (Å²) in [5, 5.41) is 12.9. The normalized spacial score (nSPS) is 14.1. The number of nitrogens with zero attached hydrogens (tertiary/aromatic N) is 2. The van der Waals surface area contributed by atoms with E-state index in [1.807, 2.05) is 38.1 Å². The number of hydrogen-bond acceptors (Lipinski definition) is 4. The number of anilines is 1. The maximum absolute atomic E-state index is 12.8. The van der Waals surface area contributed by atoms with Gasteiger partial charge in [0.05, 0.1) is 10.8 Å². The van der Waals surface area contributed by atoms with E-state index in [9.17, 15) is 10.1 Å². The lowest BCUT2D eigenvalue weighted by Crippen LogP contribution is -2.24. The number of carbonyl (C=O) groups is 1. The van der Waals surface area contributed by atoms with Crippen molar-refractivity contribution in [2.45, 2.75) is 63.2 Å². The van der Waals surface area contributed by atoms with Crippen LogP contribution in [-0.4, -0.2) is 16.1 Å². The molecule has 0 bridgehead atoms. The third-order valence-corrected chi connectivity index (χ3v) is 6.13. The van der Waals surface area contributed by atoms with E-state index in [-0.39, 0.29) is 11.2 Å². The highest BCUT2D eigenvalue weighted by molar-refractivity contribution is 8.00. The van der Waals surface area contributed by atoms with E-state index in [2.05, 4.69) is 18.3 Å². The summed E-state index contributed by atoms with van der Waals surface area (Å²) in [6.45, 7) is 5.95. The molecule has 0 radical (unpaired) electrons. The van der Waals surface area contributed by atoms with Gasteiger partial charge in [-0.1, -0.05) is 36.9 Å². The molecule has 4 nitrogen and oxygen atoms in total. The summed E-state index contributed by atoms with van der Waals surface area (Å²) in [7, 11) is 0. The Kier molecular flexibility index (Phi) is 6.18. The van der Waals surface area contributed by atoms with Gasteiger partial charge in [0.15, 0.2) is 0 Å². The third kappa shape index (κ3) is 4.33. The molecule has 0 spiro atoms. The van der Waals surface area contributed by atoms with Crippen LogP contribution in [0.15, 0.2) is 29.3 Å². The molecule has 0 fully saturated rings. The van der Waals surface area contributed by atoms with Crippen molar-refractivity contribution in [2.24, 2.45) is 0 Å². The number of aromatic nitrogens is 1. The first kappa shape index (κ1) is 19.4. The zero-order chi connectivity index (χ0) is 19.4. The van der Waals surface area contributed by atoms with E-state index in [0.29, 0.717) is 10.6 Å². The zero-order valence-electron chi connectivity index (χ0n) is 16.1. The van der Waals surface area contributed by atoms with Gasteiger partial charge in [-0.25, -0.2) is 4.98 Å².